The molecule has 0 bridgehead atoms. The van der Waals surface area contributed by atoms with Crippen molar-refractivity contribution in [3.05, 3.63) is 292 Å². The number of pyridine rings is 6. The summed E-state index contributed by atoms with van der Waals surface area (Å²) in [5.74, 6) is 0. The SMILES string of the molecule is CCC.CCC.C[P+](=O)On1nnc2cccnc2c1=O.C[P+](=O)On1nnc2cccnc2c1=O.C[P+](=O)On1nnc2cccnc2c1=O.O=c1c2ncccc2nnn1OP(=O)(c1ccccc1)c1ccccc1.O=c1c2ncccc2nnn1OP1(=O)CCCCO1.O=c1c2ncccc2nnn1OP1(=O)c2ccccc2Cc2ccccc21. The second kappa shape index (κ2) is 42.3. The van der Waals surface area contributed by atoms with Crippen molar-refractivity contribution in [1.29, 1.82) is 0 Å². The zero-order chi connectivity index (χ0) is 87.6. The van der Waals surface area contributed by atoms with Gasteiger partial charge in [-0.3, -0.25) is 42.4 Å². The van der Waals surface area contributed by atoms with E-state index < -0.39 is 79.8 Å². The molecule has 1 fully saturated rings. The number of hydrogen-bond donors (Lipinski definition) is 0. The molecule has 4 atom stereocenters. The summed E-state index contributed by atoms with van der Waals surface area (Å²) in [5, 5.41) is 46.3. The smallest absolute Gasteiger partial charge is 0.326 e. The molecule has 4 aromatic carbocycles. The number of benzene rings is 4. The Morgan fingerprint density at radius 3 is 0.951 bits per heavy atom. The maximum atomic E-state index is 14.1. The molecule has 18 rings (SSSR count). The fourth-order valence-corrected chi connectivity index (χ4v) is 17.6. The average molecular weight is 1790 g/mol. The third kappa shape index (κ3) is 22.3. The van der Waals surface area contributed by atoms with Crippen molar-refractivity contribution in [2.45, 2.75) is 59.8 Å². The van der Waals surface area contributed by atoms with Crippen LogP contribution in [0, 0.1) is 0 Å². The summed E-state index contributed by atoms with van der Waals surface area (Å²) >= 11 is 0. The summed E-state index contributed by atoms with van der Waals surface area (Å²) in [5.41, 5.74) is 1.10. The van der Waals surface area contributed by atoms with Gasteiger partial charge in [0.05, 0.1) is 34.0 Å². The van der Waals surface area contributed by atoms with Gasteiger partial charge in [-0.25, -0.2) is 34.5 Å². The van der Waals surface area contributed by atoms with Crippen molar-refractivity contribution in [3.63, 3.8) is 0 Å². The second-order valence-electron chi connectivity index (χ2n) is 25.1. The maximum absolute atomic E-state index is 14.1. The lowest BCUT2D eigenvalue weighted by atomic mass is 10.0. The molecule has 0 aliphatic carbocycles. The molecule has 0 saturated carbocycles. The van der Waals surface area contributed by atoms with E-state index >= 15 is 0 Å². The Balaban J connectivity index is 0.000000144. The largest absolute Gasteiger partial charge is 0.579 e. The highest BCUT2D eigenvalue weighted by atomic mass is 31.2. The van der Waals surface area contributed by atoms with Gasteiger partial charge in [0.2, 0.25) is 0 Å². The van der Waals surface area contributed by atoms with Gasteiger partial charge in [-0.2, -0.15) is 0 Å². The number of fused-ring (bicyclic) bond motifs is 8. The van der Waals surface area contributed by atoms with Crippen LogP contribution in [0.5, 0.6) is 0 Å². The van der Waals surface area contributed by atoms with Crippen LogP contribution in [0.15, 0.2) is 248 Å². The fourth-order valence-electron chi connectivity index (χ4n) is 10.7. The third-order valence-corrected chi connectivity index (χ3v) is 23.7. The van der Waals surface area contributed by atoms with Crippen molar-refractivity contribution in [1.82, 2.24) is 121 Å². The van der Waals surface area contributed by atoms with Crippen LogP contribution in [0.1, 0.15) is 64.5 Å². The quantitative estimate of drug-likeness (QED) is 0.106. The molecule has 14 heterocycles. The van der Waals surface area contributed by atoms with Gasteiger partial charge in [0, 0.05) is 51.7 Å². The Morgan fingerprint density at radius 2 is 0.642 bits per heavy atom. The van der Waals surface area contributed by atoms with Crippen molar-refractivity contribution < 1.29 is 59.7 Å². The average Bonchev–Trinajstić information content (AvgIpc) is 0.736. The first-order chi connectivity index (χ1) is 59.4. The molecule has 0 radical (unpaired) electrons. The molecule has 1 saturated heterocycles. The Hall–Kier alpha value is -14.1. The van der Waals surface area contributed by atoms with E-state index in [2.05, 4.69) is 133 Å². The van der Waals surface area contributed by atoms with Crippen LogP contribution in [-0.2, 0) is 38.3 Å². The number of rotatable bonds is 14. The molecule has 4 unspecified atom stereocenters. The minimum absolute atomic E-state index is 0.0928. The first kappa shape index (κ1) is 89.7. The minimum Gasteiger partial charge on any atom is -0.326 e. The zero-order valence-electron chi connectivity index (χ0n) is 65.9. The zero-order valence-corrected chi connectivity index (χ0v) is 71.3. The molecule has 2 aliphatic rings. The lowest BCUT2D eigenvalue weighted by Gasteiger charge is -2.27. The standard InChI is InChI=1S/C19H13N4O3P.C18H13N4O3P.C10H11N4O4P.3C7H6N4O3P.2C3H8/c24-19-18-15(8-5-11-20-18)21-22-23(19)26-27(25)16-9-3-1-6-13(16)12-14-7-2-4-10-17(14)27;23-18-17-16(12-7-13-19-17)20-21-22(18)25-26(24,14-8-3-1-4-9-14)15-10-5-2-6-11-15;15-10-9-8(4-3-5-11-9)12-13-14(10)18-19(16)7-2-1-6-17-19;3*1-15(13)14-11-7(12)6-5(9-10-11)3-2-4-8-6;2*1-3-2/h1-11H,12H2;1-13H;3-5H,1-2,6-7H2;3*2-4H,1H3;2*3H2,1-2H3/q;;;3*+1;;. The Labute approximate surface area is 695 Å². The molecule has 628 valence electrons. The van der Waals surface area contributed by atoms with Gasteiger partial charge in [0.25, 0.3) is 0 Å². The van der Waals surface area contributed by atoms with Crippen LogP contribution in [0.25, 0.3) is 66.2 Å². The predicted molar refractivity (Wildman–Crippen MR) is 452 cm³/mol. The van der Waals surface area contributed by atoms with E-state index in [0.717, 1.165) is 24.0 Å². The number of nitrogens with zero attached hydrogens (tertiary/aromatic N) is 24. The van der Waals surface area contributed by atoms with E-state index in [1.807, 2.05) is 36.4 Å². The Morgan fingerprint density at radius 1 is 0.366 bits per heavy atom. The Bertz CT molecular complexity index is 6710. The predicted octanol–water partition coefficient (Wildman–Crippen LogP) is 6.41. The van der Waals surface area contributed by atoms with Crippen LogP contribution >= 0.6 is 46.4 Å². The van der Waals surface area contributed by atoms with Crippen LogP contribution in [-0.4, -0.2) is 154 Å². The highest BCUT2D eigenvalue weighted by molar-refractivity contribution is 7.75. The number of hydrogen-bond acceptors (Lipinski definition) is 37. The normalized spacial score (nSPS) is 13.6. The first-order valence-electron chi connectivity index (χ1n) is 36.8. The van der Waals surface area contributed by atoms with Gasteiger partial charge < -0.3 is 13.9 Å². The summed E-state index contributed by atoms with van der Waals surface area (Å²) < 4.78 is 108. The molecule has 0 N–H and O–H groups in total. The highest BCUT2D eigenvalue weighted by Crippen LogP contribution is 2.48. The number of aromatic nitrogens is 24. The van der Waals surface area contributed by atoms with Gasteiger partial charge in [-0.1, -0.05) is 113 Å². The molecule has 0 spiro atoms. The van der Waals surface area contributed by atoms with E-state index in [4.69, 9.17) is 18.4 Å². The summed E-state index contributed by atoms with van der Waals surface area (Å²) in [7, 11) is -16.4. The van der Waals surface area contributed by atoms with Crippen LogP contribution < -0.4 is 82.3 Å². The van der Waals surface area contributed by atoms with Crippen molar-refractivity contribution in [3.8, 4) is 0 Å². The highest BCUT2D eigenvalue weighted by Gasteiger charge is 2.40. The molecule has 49 heteroatoms. The lowest BCUT2D eigenvalue weighted by molar-refractivity contribution is 0.142. The molecule has 123 heavy (non-hydrogen) atoms. The topological polar surface area (TPSA) is 531 Å². The van der Waals surface area contributed by atoms with Gasteiger partial charge in [-0.15, -0.1) is 44.5 Å². The van der Waals surface area contributed by atoms with Gasteiger partial charge in [-0.05, 0) is 199 Å². The van der Waals surface area contributed by atoms with Crippen LogP contribution in [0.4, 0.5) is 0 Å². The molecule has 16 aromatic rings. The van der Waals surface area contributed by atoms with Crippen LogP contribution in [0.3, 0.4) is 0 Å². The monoisotopic (exact) mass is 1790 g/mol. The van der Waals surface area contributed by atoms with E-state index in [1.165, 1.54) is 70.0 Å². The van der Waals surface area contributed by atoms with Gasteiger partial charge in [0.1, 0.15) is 33.1 Å². The Kier molecular flexibility index (Phi) is 30.8. The minimum atomic E-state index is -3.62. The van der Waals surface area contributed by atoms with E-state index in [1.54, 1.807) is 146 Å². The van der Waals surface area contributed by atoms with E-state index in [9.17, 15) is 56.2 Å². The van der Waals surface area contributed by atoms with Crippen molar-refractivity contribution in [2.75, 3.05) is 32.8 Å². The fraction of sp³-hybridized carbons (Fsp3) is 0.189. The summed E-state index contributed by atoms with van der Waals surface area (Å²) in [4.78, 5) is 99.4. The summed E-state index contributed by atoms with van der Waals surface area (Å²) in [6, 6.07) is 51.7. The summed E-state index contributed by atoms with van der Waals surface area (Å²) in [6.45, 7) is 12.8. The van der Waals surface area contributed by atoms with Crippen molar-refractivity contribution in [2.24, 2.45) is 0 Å². The molecule has 12 aromatic heterocycles. The molecule has 2 aliphatic heterocycles. The molecular formula is C74H71N24O19P6+3. The van der Waals surface area contributed by atoms with Crippen LogP contribution in [0.2, 0.25) is 0 Å². The second-order valence-corrected chi connectivity index (χ2v) is 34.9. The van der Waals surface area contributed by atoms with Gasteiger partial charge in [0.15, 0.2) is 53.1 Å². The van der Waals surface area contributed by atoms with Gasteiger partial charge >= 0.3 is 79.8 Å². The van der Waals surface area contributed by atoms with E-state index in [-0.39, 0.29) is 39.3 Å². The third-order valence-electron chi connectivity index (χ3n) is 15.8. The first-order valence-corrected chi connectivity index (χ1v) is 46.6. The lowest BCUT2D eigenvalue weighted by Crippen LogP contribution is -2.38. The molecule has 43 nitrogen and oxygen atoms in total. The molecule has 0 amide bonds. The van der Waals surface area contributed by atoms with E-state index in [0.29, 0.717) is 96.4 Å². The summed E-state index contributed by atoms with van der Waals surface area (Å²) in [6.07, 6.45) is 13.8. The van der Waals surface area contributed by atoms with Crippen molar-refractivity contribution >= 4 is 134 Å². The maximum Gasteiger partial charge on any atom is 0.579 e. The molecular weight excluding hydrogens is 1710 g/mol.